The van der Waals surface area contributed by atoms with Crippen molar-refractivity contribution in [3.05, 3.63) is 0 Å². The fourth-order valence-electron chi connectivity index (χ4n) is 3.30. The first kappa shape index (κ1) is 12.3. The summed E-state index contributed by atoms with van der Waals surface area (Å²) in [7, 11) is 0. The van der Waals surface area contributed by atoms with Crippen molar-refractivity contribution >= 4 is 0 Å². The van der Waals surface area contributed by atoms with Crippen LogP contribution in [0.1, 0.15) is 51.4 Å². The third-order valence-electron chi connectivity index (χ3n) is 4.43. The second-order valence-corrected chi connectivity index (χ2v) is 5.67. The monoisotopic (exact) mass is 225 g/mol. The summed E-state index contributed by atoms with van der Waals surface area (Å²) in [5.41, 5.74) is 11.8. The van der Waals surface area contributed by atoms with Gasteiger partial charge in [-0.25, -0.2) is 0 Å². The molecule has 2 aliphatic carbocycles. The van der Waals surface area contributed by atoms with Gasteiger partial charge in [0, 0.05) is 18.1 Å². The summed E-state index contributed by atoms with van der Waals surface area (Å²) in [6, 6.07) is 1.84. The second kappa shape index (κ2) is 5.99. The molecule has 3 nitrogen and oxygen atoms in total. The molecular weight excluding hydrogens is 198 g/mol. The number of hydrogen-bond acceptors (Lipinski definition) is 3. The van der Waals surface area contributed by atoms with Gasteiger partial charge in [0.05, 0.1) is 0 Å². The molecule has 2 unspecified atom stereocenters. The number of rotatable bonds is 3. The maximum Gasteiger partial charge on any atom is 0.0110 e. The standard InChI is InChI=1S/C13H27N3/c14-9-10-3-1-2-4-13(10)16-12-7-5-11(15)6-8-12/h10-13,16H,1-9,14-15H2. The zero-order chi connectivity index (χ0) is 11.4. The molecule has 0 bridgehead atoms. The lowest BCUT2D eigenvalue weighted by atomic mass is 9.83. The quantitative estimate of drug-likeness (QED) is 0.679. The SMILES string of the molecule is NCC1CCCCC1NC1CCC(N)CC1. The average Bonchev–Trinajstić information content (AvgIpc) is 2.33. The Labute approximate surface area is 99.3 Å². The number of nitrogens with one attached hydrogen (secondary N) is 1. The van der Waals surface area contributed by atoms with E-state index in [2.05, 4.69) is 5.32 Å². The van der Waals surface area contributed by atoms with Crippen LogP contribution in [0.15, 0.2) is 0 Å². The van der Waals surface area contributed by atoms with E-state index < -0.39 is 0 Å². The van der Waals surface area contributed by atoms with E-state index in [9.17, 15) is 0 Å². The minimum atomic E-state index is 0.453. The van der Waals surface area contributed by atoms with Crippen LogP contribution < -0.4 is 16.8 Å². The molecule has 0 spiro atoms. The normalized spacial score (nSPS) is 40.9. The molecule has 2 fully saturated rings. The second-order valence-electron chi connectivity index (χ2n) is 5.67. The first-order valence-corrected chi connectivity index (χ1v) is 7.01. The van der Waals surface area contributed by atoms with Crippen molar-refractivity contribution in [2.45, 2.75) is 69.5 Å². The Hall–Kier alpha value is -0.120. The molecule has 0 saturated heterocycles. The van der Waals surface area contributed by atoms with Gasteiger partial charge in [-0.05, 0) is 51.0 Å². The molecule has 16 heavy (non-hydrogen) atoms. The predicted molar refractivity (Wildman–Crippen MR) is 68.2 cm³/mol. The van der Waals surface area contributed by atoms with Crippen molar-refractivity contribution in [3.63, 3.8) is 0 Å². The molecule has 2 aliphatic rings. The first-order chi connectivity index (χ1) is 7.79. The highest BCUT2D eigenvalue weighted by molar-refractivity contribution is 4.87. The van der Waals surface area contributed by atoms with Gasteiger partial charge < -0.3 is 16.8 Å². The van der Waals surface area contributed by atoms with E-state index in [-0.39, 0.29) is 0 Å². The highest BCUT2D eigenvalue weighted by Gasteiger charge is 2.27. The van der Waals surface area contributed by atoms with Gasteiger partial charge in [-0.2, -0.15) is 0 Å². The van der Waals surface area contributed by atoms with Gasteiger partial charge in [-0.3, -0.25) is 0 Å². The van der Waals surface area contributed by atoms with Crippen LogP contribution in [-0.4, -0.2) is 24.7 Å². The fraction of sp³-hybridized carbons (Fsp3) is 1.00. The Morgan fingerprint density at radius 1 is 0.938 bits per heavy atom. The minimum absolute atomic E-state index is 0.453. The molecule has 0 amide bonds. The van der Waals surface area contributed by atoms with Gasteiger partial charge in [0.15, 0.2) is 0 Å². The Morgan fingerprint density at radius 2 is 1.62 bits per heavy atom. The molecule has 0 radical (unpaired) electrons. The molecule has 3 heteroatoms. The molecule has 0 aromatic heterocycles. The van der Waals surface area contributed by atoms with E-state index in [4.69, 9.17) is 11.5 Å². The van der Waals surface area contributed by atoms with Crippen LogP contribution in [0.2, 0.25) is 0 Å². The summed E-state index contributed by atoms with van der Waals surface area (Å²) < 4.78 is 0. The summed E-state index contributed by atoms with van der Waals surface area (Å²) in [6.07, 6.45) is 10.3. The maximum atomic E-state index is 5.94. The van der Waals surface area contributed by atoms with E-state index in [1.165, 1.54) is 51.4 Å². The third-order valence-corrected chi connectivity index (χ3v) is 4.43. The highest BCUT2D eigenvalue weighted by Crippen LogP contribution is 2.26. The first-order valence-electron chi connectivity index (χ1n) is 7.01. The molecule has 94 valence electrons. The fourth-order valence-corrected chi connectivity index (χ4v) is 3.30. The highest BCUT2D eigenvalue weighted by atomic mass is 15.0. The zero-order valence-electron chi connectivity index (χ0n) is 10.3. The molecule has 0 aliphatic heterocycles. The summed E-state index contributed by atoms with van der Waals surface area (Å²) in [5.74, 6) is 0.712. The van der Waals surface area contributed by atoms with Crippen LogP contribution in [0, 0.1) is 5.92 Å². The maximum absolute atomic E-state index is 5.94. The molecule has 0 aromatic carbocycles. The van der Waals surface area contributed by atoms with Crippen molar-refractivity contribution in [3.8, 4) is 0 Å². The van der Waals surface area contributed by atoms with Crippen LogP contribution >= 0.6 is 0 Å². The van der Waals surface area contributed by atoms with Crippen LogP contribution in [-0.2, 0) is 0 Å². The van der Waals surface area contributed by atoms with E-state index in [1.807, 2.05) is 0 Å². The van der Waals surface area contributed by atoms with Crippen molar-refractivity contribution in [2.24, 2.45) is 17.4 Å². The van der Waals surface area contributed by atoms with Crippen molar-refractivity contribution in [1.29, 1.82) is 0 Å². The van der Waals surface area contributed by atoms with Gasteiger partial charge in [0.25, 0.3) is 0 Å². The lowest BCUT2D eigenvalue weighted by Gasteiger charge is -2.36. The lowest BCUT2D eigenvalue weighted by molar-refractivity contribution is 0.221. The molecule has 2 atom stereocenters. The molecule has 0 heterocycles. The lowest BCUT2D eigenvalue weighted by Crippen LogP contribution is -2.48. The molecule has 5 N–H and O–H groups in total. The van der Waals surface area contributed by atoms with Gasteiger partial charge in [-0.15, -0.1) is 0 Å². The number of hydrogen-bond donors (Lipinski definition) is 3. The van der Waals surface area contributed by atoms with Crippen molar-refractivity contribution < 1.29 is 0 Å². The Kier molecular flexibility index (Phi) is 4.62. The van der Waals surface area contributed by atoms with E-state index >= 15 is 0 Å². The van der Waals surface area contributed by atoms with Gasteiger partial charge in [0.2, 0.25) is 0 Å². The number of nitrogens with two attached hydrogens (primary N) is 2. The Morgan fingerprint density at radius 3 is 2.31 bits per heavy atom. The van der Waals surface area contributed by atoms with Gasteiger partial charge >= 0.3 is 0 Å². The summed E-state index contributed by atoms with van der Waals surface area (Å²) >= 11 is 0. The van der Waals surface area contributed by atoms with Crippen LogP contribution in [0.5, 0.6) is 0 Å². The van der Waals surface area contributed by atoms with E-state index in [0.717, 1.165) is 6.54 Å². The average molecular weight is 225 g/mol. The minimum Gasteiger partial charge on any atom is -0.330 e. The molecule has 2 saturated carbocycles. The molecular formula is C13H27N3. The zero-order valence-corrected chi connectivity index (χ0v) is 10.3. The third kappa shape index (κ3) is 3.19. The van der Waals surface area contributed by atoms with E-state index in [1.54, 1.807) is 0 Å². The van der Waals surface area contributed by atoms with Crippen molar-refractivity contribution in [2.75, 3.05) is 6.54 Å². The summed E-state index contributed by atoms with van der Waals surface area (Å²) in [6.45, 7) is 0.851. The van der Waals surface area contributed by atoms with Crippen molar-refractivity contribution in [1.82, 2.24) is 5.32 Å². The Balaban J connectivity index is 1.78. The largest absolute Gasteiger partial charge is 0.330 e. The van der Waals surface area contributed by atoms with Crippen LogP contribution in [0.25, 0.3) is 0 Å². The Bertz CT molecular complexity index is 199. The predicted octanol–water partition coefficient (Wildman–Crippen LogP) is 1.36. The summed E-state index contributed by atoms with van der Waals surface area (Å²) in [4.78, 5) is 0. The van der Waals surface area contributed by atoms with Gasteiger partial charge in [-0.1, -0.05) is 12.8 Å². The van der Waals surface area contributed by atoms with Crippen LogP contribution in [0.3, 0.4) is 0 Å². The molecule has 2 rings (SSSR count). The van der Waals surface area contributed by atoms with Crippen LogP contribution in [0.4, 0.5) is 0 Å². The topological polar surface area (TPSA) is 64.1 Å². The van der Waals surface area contributed by atoms with Gasteiger partial charge in [0.1, 0.15) is 0 Å². The molecule has 0 aromatic rings. The smallest absolute Gasteiger partial charge is 0.0110 e. The summed E-state index contributed by atoms with van der Waals surface area (Å²) in [5, 5.41) is 3.84. The van der Waals surface area contributed by atoms with E-state index in [0.29, 0.717) is 24.0 Å².